The molecule has 10 heteroatoms. The number of aromatic nitrogens is 2. The second-order valence-corrected chi connectivity index (χ2v) is 7.76. The topological polar surface area (TPSA) is 93.5 Å². The largest absolute Gasteiger partial charge is 0.456 e. The number of carbonyl (C=O) groups excluding carboxylic acids is 3. The number of rotatable bonds is 5. The van der Waals surface area contributed by atoms with Gasteiger partial charge in [0.05, 0.1) is 11.0 Å². The number of hydrogen-bond donors (Lipinski definition) is 1. The molecular weight excluding hydrogens is 398 g/mol. The molecule has 1 N–H and O–H groups in total. The molecule has 1 spiro atoms. The highest BCUT2D eigenvalue weighted by atomic mass is 19.3. The molecule has 0 radical (unpaired) electrons. The molecule has 1 aromatic heterocycles. The number of alkyl halides is 2. The summed E-state index contributed by atoms with van der Waals surface area (Å²) in [6.07, 6.45) is 3.15. The van der Waals surface area contributed by atoms with E-state index in [4.69, 9.17) is 4.74 Å². The van der Waals surface area contributed by atoms with Crippen molar-refractivity contribution < 1.29 is 27.9 Å². The predicted molar refractivity (Wildman–Crippen MR) is 101 cm³/mol. The first kappa shape index (κ1) is 20.2. The van der Waals surface area contributed by atoms with E-state index in [-0.39, 0.29) is 17.3 Å². The van der Waals surface area contributed by atoms with Crippen LogP contribution in [0.5, 0.6) is 0 Å². The summed E-state index contributed by atoms with van der Waals surface area (Å²) in [5.41, 5.74) is -0.397. The number of carbonyl (C=O) groups is 3. The second kappa shape index (κ2) is 7.66. The van der Waals surface area contributed by atoms with Gasteiger partial charge in [-0.3, -0.25) is 19.1 Å². The Morgan fingerprint density at radius 1 is 1.33 bits per heavy atom. The fourth-order valence-electron chi connectivity index (χ4n) is 4.37. The molecule has 0 bridgehead atoms. The summed E-state index contributed by atoms with van der Waals surface area (Å²) in [6.45, 7) is -2.02. The Hall–Kier alpha value is -3.04. The molecule has 1 aromatic carbocycles. The van der Waals surface area contributed by atoms with Gasteiger partial charge in [0.2, 0.25) is 0 Å². The number of ether oxygens (including phenoxy) is 1. The minimum Gasteiger partial charge on any atom is -0.456 e. The van der Waals surface area contributed by atoms with Crippen LogP contribution in [-0.2, 0) is 20.9 Å². The molecule has 2 aliphatic rings. The average Bonchev–Trinajstić information content (AvgIpc) is 3.20. The van der Waals surface area contributed by atoms with Crippen LogP contribution in [0.15, 0.2) is 24.3 Å². The Labute approximate surface area is 171 Å². The van der Waals surface area contributed by atoms with E-state index in [0.717, 1.165) is 24.2 Å². The molecule has 2 fully saturated rings. The van der Waals surface area contributed by atoms with E-state index in [1.54, 1.807) is 18.2 Å². The third-order valence-corrected chi connectivity index (χ3v) is 6.01. The maximum atomic E-state index is 13.5. The number of halogens is 2. The molecule has 8 nitrogen and oxygen atoms in total. The number of urea groups is 1. The lowest BCUT2D eigenvalue weighted by atomic mass is 9.73. The molecule has 2 heterocycles. The fourth-order valence-corrected chi connectivity index (χ4v) is 4.37. The number of benzene rings is 1. The Kier molecular flexibility index (Phi) is 5.17. The first-order chi connectivity index (χ1) is 14.3. The van der Waals surface area contributed by atoms with E-state index in [1.807, 2.05) is 6.92 Å². The van der Waals surface area contributed by atoms with Crippen molar-refractivity contribution in [3.8, 4) is 0 Å². The van der Waals surface area contributed by atoms with Gasteiger partial charge in [-0.2, -0.15) is 8.78 Å². The predicted octanol–water partition coefficient (Wildman–Crippen LogP) is 2.98. The summed E-state index contributed by atoms with van der Waals surface area (Å²) in [5, 5.41) is 2.75. The number of para-hydroxylation sites is 2. The molecule has 1 saturated heterocycles. The van der Waals surface area contributed by atoms with Crippen LogP contribution in [0.3, 0.4) is 0 Å². The van der Waals surface area contributed by atoms with Crippen molar-refractivity contribution in [2.75, 3.05) is 6.54 Å². The van der Waals surface area contributed by atoms with Crippen molar-refractivity contribution in [1.82, 2.24) is 19.8 Å². The lowest BCUT2D eigenvalue weighted by molar-refractivity contribution is -0.149. The first-order valence-electron chi connectivity index (χ1n) is 9.87. The van der Waals surface area contributed by atoms with Crippen LogP contribution in [0.1, 0.15) is 45.0 Å². The average molecular weight is 420 g/mol. The van der Waals surface area contributed by atoms with Gasteiger partial charge >= 0.3 is 18.5 Å². The zero-order chi connectivity index (χ0) is 21.5. The summed E-state index contributed by atoms with van der Waals surface area (Å²) >= 11 is 0. The lowest BCUT2D eigenvalue weighted by Gasteiger charge is -2.36. The number of amides is 3. The van der Waals surface area contributed by atoms with Crippen LogP contribution in [0.2, 0.25) is 0 Å². The molecule has 3 amide bonds. The highest BCUT2D eigenvalue weighted by molar-refractivity contribution is 6.09. The summed E-state index contributed by atoms with van der Waals surface area (Å²) in [7, 11) is 0. The zero-order valence-electron chi connectivity index (χ0n) is 16.4. The number of imidazole rings is 1. The third kappa shape index (κ3) is 3.29. The molecular formula is C20H22F2N4O4. The zero-order valence-corrected chi connectivity index (χ0v) is 16.4. The number of fused-ring (bicyclic) bond motifs is 1. The van der Waals surface area contributed by atoms with E-state index in [0.29, 0.717) is 16.5 Å². The standard InChI is InChI=1S/C20H22F2N4O4/c1-12-6-4-5-9-20(12)17(28)25(19(29)24-20)10-16(27)30-11-15-23-13-7-2-3-8-14(13)26(15)18(21)22/h2-3,7-8,12,18H,4-6,9-11H2,1H3,(H,24,29). The van der Waals surface area contributed by atoms with Crippen LogP contribution in [0.4, 0.5) is 13.6 Å². The van der Waals surface area contributed by atoms with Gasteiger partial charge in [-0.15, -0.1) is 0 Å². The van der Waals surface area contributed by atoms with Crippen LogP contribution < -0.4 is 5.32 Å². The SMILES string of the molecule is CC1CCCCC12NC(=O)N(CC(=O)OCc1nc3ccccc3n1C(F)F)C2=O. The quantitative estimate of drug-likeness (QED) is 0.593. The molecule has 2 aromatic rings. The van der Waals surface area contributed by atoms with E-state index in [2.05, 4.69) is 10.3 Å². The van der Waals surface area contributed by atoms with Crippen LogP contribution in [0, 0.1) is 5.92 Å². The van der Waals surface area contributed by atoms with Gasteiger partial charge in [-0.25, -0.2) is 9.78 Å². The van der Waals surface area contributed by atoms with Crippen molar-refractivity contribution >= 4 is 28.9 Å². The highest BCUT2D eigenvalue weighted by Crippen LogP contribution is 2.38. The second-order valence-electron chi connectivity index (χ2n) is 7.76. The molecule has 1 aliphatic heterocycles. The minimum atomic E-state index is -2.86. The maximum Gasteiger partial charge on any atom is 0.326 e. The summed E-state index contributed by atoms with van der Waals surface area (Å²) in [5.74, 6) is -1.45. The molecule has 1 aliphatic carbocycles. The van der Waals surface area contributed by atoms with Crippen molar-refractivity contribution in [3.63, 3.8) is 0 Å². The normalized spacial score (nSPS) is 24.1. The van der Waals surface area contributed by atoms with Crippen molar-refractivity contribution in [3.05, 3.63) is 30.1 Å². The first-order valence-corrected chi connectivity index (χ1v) is 9.87. The van der Waals surface area contributed by atoms with Gasteiger partial charge in [0, 0.05) is 0 Å². The number of nitrogens with zero attached hydrogens (tertiary/aromatic N) is 3. The molecule has 2 atom stereocenters. The number of imide groups is 1. The van der Waals surface area contributed by atoms with E-state index in [1.165, 1.54) is 6.07 Å². The van der Waals surface area contributed by atoms with Crippen molar-refractivity contribution in [1.29, 1.82) is 0 Å². The summed E-state index contributed by atoms with van der Waals surface area (Å²) in [6, 6.07) is 5.72. The molecule has 4 rings (SSSR count). The van der Waals surface area contributed by atoms with Gasteiger partial charge < -0.3 is 10.1 Å². The smallest absolute Gasteiger partial charge is 0.326 e. The number of hydrogen-bond acceptors (Lipinski definition) is 5. The van der Waals surface area contributed by atoms with Crippen LogP contribution in [0.25, 0.3) is 11.0 Å². The van der Waals surface area contributed by atoms with E-state index in [9.17, 15) is 23.2 Å². The van der Waals surface area contributed by atoms with Gasteiger partial charge in [-0.05, 0) is 30.9 Å². The Morgan fingerprint density at radius 2 is 2.10 bits per heavy atom. The van der Waals surface area contributed by atoms with Crippen LogP contribution >= 0.6 is 0 Å². The van der Waals surface area contributed by atoms with Gasteiger partial charge in [0.1, 0.15) is 18.7 Å². The van der Waals surface area contributed by atoms with E-state index >= 15 is 0 Å². The summed E-state index contributed by atoms with van der Waals surface area (Å²) in [4.78, 5) is 42.5. The van der Waals surface area contributed by atoms with Gasteiger partial charge in [0.25, 0.3) is 5.91 Å². The summed E-state index contributed by atoms with van der Waals surface area (Å²) < 4.78 is 32.7. The van der Waals surface area contributed by atoms with Crippen molar-refractivity contribution in [2.45, 2.75) is 51.3 Å². The van der Waals surface area contributed by atoms with Crippen molar-refractivity contribution in [2.24, 2.45) is 5.92 Å². The number of nitrogens with one attached hydrogen (secondary N) is 1. The minimum absolute atomic E-state index is 0.0327. The highest BCUT2D eigenvalue weighted by Gasteiger charge is 2.55. The lowest BCUT2D eigenvalue weighted by Crippen LogP contribution is -2.54. The maximum absolute atomic E-state index is 13.5. The van der Waals surface area contributed by atoms with Gasteiger partial charge in [0.15, 0.2) is 5.82 Å². The van der Waals surface area contributed by atoms with Crippen LogP contribution in [-0.4, -0.2) is 44.4 Å². The third-order valence-electron chi connectivity index (χ3n) is 6.01. The Bertz CT molecular complexity index is 1010. The monoisotopic (exact) mass is 420 g/mol. The molecule has 30 heavy (non-hydrogen) atoms. The van der Waals surface area contributed by atoms with Gasteiger partial charge in [-0.1, -0.05) is 31.9 Å². The Morgan fingerprint density at radius 3 is 2.83 bits per heavy atom. The number of esters is 1. The molecule has 1 saturated carbocycles. The Balaban J connectivity index is 1.45. The molecule has 2 unspecified atom stereocenters. The fraction of sp³-hybridized carbons (Fsp3) is 0.500. The molecule has 160 valence electrons. The van der Waals surface area contributed by atoms with E-state index < -0.39 is 43.1 Å².